The van der Waals surface area contributed by atoms with Crippen LogP contribution in [0.5, 0.6) is 5.75 Å². The highest BCUT2D eigenvalue weighted by molar-refractivity contribution is 6.35. The summed E-state index contributed by atoms with van der Waals surface area (Å²) in [6, 6.07) is 11.7. The van der Waals surface area contributed by atoms with Crippen LogP contribution in [0.2, 0.25) is 10.0 Å². The molecule has 3 rings (SSSR count). The van der Waals surface area contributed by atoms with Gasteiger partial charge in [0.05, 0.1) is 5.02 Å². The summed E-state index contributed by atoms with van der Waals surface area (Å²) in [5.41, 5.74) is 3.10. The van der Waals surface area contributed by atoms with Gasteiger partial charge in [-0.2, -0.15) is 0 Å². The molecule has 0 aliphatic rings. The van der Waals surface area contributed by atoms with Gasteiger partial charge in [-0.15, -0.1) is 0 Å². The molecule has 0 saturated carbocycles. The molecule has 0 saturated heterocycles. The van der Waals surface area contributed by atoms with Crippen molar-refractivity contribution in [3.05, 3.63) is 63.1 Å². The van der Waals surface area contributed by atoms with Crippen molar-refractivity contribution in [3.8, 4) is 5.75 Å². The minimum Gasteiger partial charge on any atom is -0.487 e. The maximum atomic E-state index is 6.36. The average Bonchev–Trinajstić information content (AvgIpc) is 3.08. The molecule has 2 aromatic carbocycles. The fraction of sp³-hybridized carbons (Fsp3) is 0.278. The molecule has 6 nitrogen and oxygen atoms in total. The minimum absolute atomic E-state index is 0.418. The van der Waals surface area contributed by atoms with Gasteiger partial charge in [0.15, 0.2) is 0 Å². The van der Waals surface area contributed by atoms with E-state index in [1.807, 2.05) is 32.0 Å². The molecule has 0 fully saturated rings. The van der Waals surface area contributed by atoms with Gasteiger partial charge < -0.3 is 10.1 Å². The van der Waals surface area contributed by atoms with Gasteiger partial charge in [0, 0.05) is 23.7 Å². The second-order valence-electron chi connectivity index (χ2n) is 5.82. The zero-order valence-corrected chi connectivity index (χ0v) is 16.1. The van der Waals surface area contributed by atoms with Crippen molar-refractivity contribution in [1.82, 2.24) is 20.2 Å². The third-order valence-electron chi connectivity index (χ3n) is 3.86. The summed E-state index contributed by atoms with van der Waals surface area (Å²) in [4.78, 5) is 0. The van der Waals surface area contributed by atoms with E-state index in [0.29, 0.717) is 41.4 Å². The summed E-state index contributed by atoms with van der Waals surface area (Å²) in [7, 11) is 0. The number of hydrogen-bond donors (Lipinski definition) is 1. The third-order valence-corrected chi connectivity index (χ3v) is 4.36. The van der Waals surface area contributed by atoms with Crippen LogP contribution in [0.15, 0.2) is 36.4 Å². The smallest absolute Gasteiger partial charge is 0.243 e. The number of anilines is 1. The number of ether oxygens (including phenoxy) is 1. The minimum atomic E-state index is 0.418. The molecular formula is C18H19Cl2N5O. The van der Waals surface area contributed by atoms with Gasteiger partial charge in [-0.25, -0.2) is 4.68 Å². The van der Waals surface area contributed by atoms with Crippen LogP contribution in [0.3, 0.4) is 0 Å². The third kappa shape index (κ3) is 4.45. The van der Waals surface area contributed by atoms with Crippen LogP contribution in [0.4, 0.5) is 5.95 Å². The van der Waals surface area contributed by atoms with Crippen molar-refractivity contribution in [2.45, 2.75) is 33.5 Å². The fourth-order valence-electron chi connectivity index (χ4n) is 2.46. The van der Waals surface area contributed by atoms with E-state index in [2.05, 4.69) is 33.0 Å². The molecular weight excluding hydrogens is 373 g/mol. The van der Waals surface area contributed by atoms with Gasteiger partial charge in [-0.05, 0) is 42.0 Å². The molecule has 0 unspecified atom stereocenters. The van der Waals surface area contributed by atoms with E-state index in [4.69, 9.17) is 27.9 Å². The molecule has 0 aliphatic heterocycles. The number of aromatic nitrogens is 4. The molecule has 0 spiro atoms. The maximum Gasteiger partial charge on any atom is 0.243 e. The summed E-state index contributed by atoms with van der Waals surface area (Å²) in [5.74, 6) is 1.17. The summed E-state index contributed by atoms with van der Waals surface area (Å²) in [6.07, 6.45) is 0. The summed E-state index contributed by atoms with van der Waals surface area (Å²) < 4.78 is 7.65. The molecule has 1 heterocycles. The molecule has 0 atom stereocenters. The molecule has 1 N–H and O–H groups in total. The first-order chi connectivity index (χ1) is 12.6. The number of tetrazole rings is 1. The summed E-state index contributed by atoms with van der Waals surface area (Å²) >= 11 is 12.5. The van der Waals surface area contributed by atoms with Crippen LogP contribution < -0.4 is 10.1 Å². The Morgan fingerprint density at radius 2 is 1.92 bits per heavy atom. The van der Waals surface area contributed by atoms with Crippen molar-refractivity contribution >= 4 is 29.2 Å². The quantitative estimate of drug-likeness (QED) is 0.642. The van der Waals surface area contributed by atoms with Crippen molar-refractivity contribution in [3.63, 3.8) is 0 Å². The molecule has 0 radical (unpaired) electrons. The lowest BCUT2D eigenvalue weighted by atomic mass is 10.1. The van der Waals surface area contributed by atoms with E-state index in [1.165, 1.54) is 5.56 Å². The van der Waals surface area contributed by atoms with Crippen LogP contribution in [0.25, 0.3) is 0 Å². The highest BCUT2D eigenvalue weighted by Gasteiger charge is 2.13. The van der Waals surface area contributed by atoms with Crippen molar-refractivity contribution < 1.29 is 4.74 Å². The van der Waals surface area contributed by atoms with E-state index in [0.717, 1.165) is 11.1 Å². The molecule has 0 bridgehead atoms. The van der Waals surface area contributed by atoms with Crippen LogP contribution in [-0.4, -0.2) is 20.2 Å². The van der Waals surface area contributed by atoms with Crippen LogP contribution in [0, 0.1) is 6.92 Å². The normalized spacial score (nSPS) is 10.8. The number of rotatable bonds is 7. The monoisotopic (exact) mass is 391 g/mol. The Morgan fingerprint density at radius 1 is 1.15 bits per heavy atom. The highest BCUT2D eigenvalue weighted by atomic mass is 35.5. The predicted molar refractivity (Wildman–Crippen MR) is 103 cm³/mol. The second-order valence-corrected chi connectivity index (χ2v) is 6.67. The number of aryl methyl sites for hydroxylation is 2. The first-order valence-corrected chi connectivity index (χ1v) is 8.98. The molecule has 0 amide bonds. The topological polar surface area (TPSA) is 64.9 Å². The Labute approximate surface area is 162 Å². The lowest BCUT2D eigenvalue weighted by molar-refractivity contribution is 0.303. The number of nitrogens with zero attached hydrogens (tertiary/aromatic N) is 4. The van der Waals surface area contributed by atoms with Crippen LogP contribution >= 0.6 is 23.2 Å². The van der Waals surface area contributed by atoms with Crippen LogP contribution in [-0.2, 0) is 19.7 Å². The lowest BCUT2D eigenvalue weighted by Gasteiger charge is -2.15. The van der Waals surface area contributed by atoms with Crippen molar-refractivity contribution in [2.24, 2.45) is 0 Å². The second kappa shape index (κ2) is 8.38. The van der Waals surface area contributed by atoms with Crippen molar-refractivity contribution in [1.29, 1.82) is 0 Å². The number of benzene rings is 2. The number of halogens is 2. The summed E-state index contributed by atoms with van der Waals surface area (Å²) in [6.45, 7) is 5.54. The molecule has 0 aliphatic carbocycles. The molecule has 3 aromatic rings. The zero-order chi connectivity index (χ0) is 18.5. The maximum absolute atomic E-state index is 6.36. The van der Waals surface area contributed by atoms with E-state index in [1.54, 1.807) is 10.7 Å². The standard InChI is InChI=1S/C18H19Cl2N5O/c1-3-25-18(22-23-24-25)21-10-14-8-15(19)9-16(20)17(14)26-11-13-6-4-12(2)5-7-13/h4-9H,3,10-11H2,1-2H3,(H,21,22,24). The first-order valence-electron chi connectivity index (χ1n) is 8.23. The van der Waals surface area contributed by atoms with E-state index < -0.39 is 0 Å². The highest BCUT2D eigenvalue weighted by Crippen LogP contribution is 2.33. The Balaban J connectivity index is 1.77. The molecule has 8 heteroatoms. The lowest BCUT2D eigenvalue weighted by Crippen LogP contribution is -2.09. The van der Waals surface area contributed by atoms with Gasteiger partial charge in [-0.3, -0.25) is 0 Å². The molecule has 136 valence electrons. The molecule has 26 heavy (non-hydrogen) atoms. The van der Waals surface area contributed by atoms with Crippen LogP contribution in [0.1, 0.15) is 23.6 Å². The SMILES string of the molecule is CCn1nnnc1NCc1cc(Cl)cc(Cl)c1OCc1ccc(C)cc1. The van der Waals surface area contributed by atoms with Gasteiger partial charge in [0.1, 0.15) is 12.4 Å². The van der Waals surface area contributed by atoms with Gasteiger partial charge >= 0.3 is 0 Å². The van der Waals surface area contributed by atoms with E-state index in [-0.39, 0.29) is 0 Å². The average molecular weight is 392 g/mol. The largest absolute Gasteiger partial charge is 0.487 e. The number of hydrogen-bond acceptors (Lipinski definition) is 5. The number of nitrogens with one attached hydrogen (secondary N) is 1. The first kappa shape index (κ1) is 18.5. The Bertz CT molecular complexity index is 880. The fourth-order valence-corrected chi connectivity index (χ4v) is 3.06. The zero-order valence-electron chi connectivity index (χ0n) is 14.5. The Morgan fingerprint density at radius 3 is 2.65 bits per heavy atom. The summed E-state index contributed by atoms with van der Waals surface area (Å²) in [5, 5.41) is 15.7. The van der Waals surface area contributed by atoms with Gasteiger partial charge in [0.2, 0.25) is 5.95 Å². The van der Waals surface area contributed by atoms with Gasteiger partial charge in [-0.1, -0.05) is 58.1 Å². The molecule has 1 aromatic heterocycles. The van der Waals surface area contributed by atoms with Crippen molar-refractivity contribution in [2.75, 3.05) is 5.32 Å². The van der Waals surface area contributed by atoms with E-state index in [9.17, 15) is 0 Å². The van der Waals surface area contributed by atoms with Gasteiger partial charge in [0.25, 0.3) is 0 Å². The Kier molecular flexibility index (Phi) is 5.96. The predicted octanol–water partition coefficient (Wildman–Crippen LogP) is 4.50. The Hall–Kier alpha value is -2.31. The van der Waals surface area contributed by atoms with E-state index >= 15 is 0 Å².